The van der Waals surface area contributed by atoms with E-state index in [4.69, 9.17) is 17.7 Å². The van der Waals surface area contributed by atoms with Gasteiger partial charge in [-0.15, -0.1) is 0 Å². The third-order valence-corrected chi connectivity index (χ3v) is 12.5. The van der Waals surface area contributed by atoms with Crippen molar-refractivity contribution in [1.82, 2.24) is 0 Å². The van der Waals surface area contributed by atoms with Crippen LogP contribution in [0.25, 0.3) is 76.2 Å². The molecule has 0 saturated carbocycles. The van der Waals surface area contributed by atoms with Gasteiger partial charge in [0.1, 0.15) is 22.3 Å². The number of fused-ring (bicyclic) bond motifs is 4. The first kappa shape index (κ1) is 36.4. The van der Waals surface area contributed by atoms with E-state index >= 15 is 0 Å². The second kappa shape index (κ2) is 13.0. The average molecular weight is 809 g/mol. The predicted molar refractivity (Wildman–Crippen MR) is 256 cm³/mol. The smallest absolute Gasteiger partial charge is 0.208 e. The zero-order valence-electron chi connectivity index (χ0n) is 35.5. The first-order valence-corrected chi connectivity index (χ1v) is 21.3. The summed E-state index contributed by atoms with van der Waals surface area (Å²) >= 11 is 0. The molecule has 0 aliphatic carbocycles. The number of anilines is 6. The Morgan fingerprint density at radius 1 is 0.323 bits per heavy atom. The molecular weight excluding hydrogens is 765 g/mol. The first-order valence-electron chi connectivity index (χ1n) is 21.3. The lowest BCUT2D eigenvalue weighted by Crippen LogP contribution is -2.17. The molecule has 4 aromatic heterocycles. The average Bonchev–Trinajstić information content (AvgIpc) is 4.07. The van der Waals surface area contributed by atoms with Crippen molar-refractivity contribution in [3.05, 3.63) is 169 Å². The number of rotatable bonds is 6. The molecule has 12 aromatic rings. The number of para-hydroxylation sites is 4. The van der Waals surface area contributed by atoms with Gasteiger partial charge < -0.3 is 17.7 Å². The molecule has 0 bridgehead atoms. The lowest BCUT2D eigenvalue weighted by Gasteiger charge is -2.31. The summed E-state index contributed by atoms with van der Waals surface area (Å²) in [7, 11) is 0. The predicted octanol–water partition coefficient (Wildman–Crippen LogP) is 17.1. The molecule has 0 aliphatic rings. The zero-order chi connectivity index (χ0) is 42.1. The SMILES string of the molecule is CC(C)(C)c1cc(N(c2cc3ccccc3o2)c2cc3ccccc3o2)c2ccc3c(C(C)(C)C)cc(N(c4cc5ccccc5o4)c4cc5ccccc5o4)c4ccc1c2c43. The van der Waals surface area contributed by atoms with Crippen LogP contribution in [0.5, 0.6) is 0 Å². The molecule has 12 rings (SSSR count). The Morgan fingerprint density at radius 3 is 0.871 bits per heavy atom. The summed E-state index contributed by atoms with van der Waals surface area (Å²) < 4.78 is 27.0. The molecule has 0 amide bonds. The van der Waals surface area contributed by atoms with Crippen molar-refractivity contribution in [2.75, 3.05) is 9.80 Å². The Balaban J connectivity index is 1.22. The van der Waals surface area contributed by atoms with Crippen LogP contribution in [0.3, 0.4) is 0 Å². The molecule has 0 saturated heterocycles. The lowest BCUT2D eigenvalue weighted by molar-refractivity contribution is 0.580. The van der Waals surface area contributed by atoms with Gasteiger partial charge in [-0.3, -0.25) is 0 Å². The van der Waals surface area contributed by atoms with Crippen LogP contribution in [0, 0.1) is 0 Å². The molecule has 302 valence electrons. The van der Waals surface area contributed by atoms with Crippen LogP contribution in [0.1, 0.15) is 52.7 Å². The molecule has 62 heavy (non-hydrogen) atoms. The zero-order valence-corrected chi connectivity index (χ0v) is 35.5. The summed E-state index contributed by atoms with van der Waals surface area (Å²) in [5.41, 5.74) is 7.20. The number of furan rings is 4. The number of hydrogen-bond acceptors (Lipinski definition) is 6. The fourth-order valence-corrected chi connectivity index (χ4v) is 9.57. The number of benzene rings is 8. The fraction of sp³-hybridized carbons (Fsp3) is 0.143. The van der Waals surface area contributed by atoms with E-state index in [1.165, 1.54) is 32.7 Å². The van der Waals surface area contributed by atoms with Crippen molar-refractivity contribution in [3.63, 3.8) is 0 Å². The van der Waals surface area contributed by atoms with Gasteiger partial charge in [0.05, 0.1) is 11.4 Å². The Labute approximate surface area is 358 Å². The van der Waals surface area contributed by atoms with Crippen LogP contribution in [0.15, 0.2) is 175 Å². The van der Waals surface area contributed by atoms with Crippen LogP contribution in [-0.4, -0.2) is 0 Å². The van der Waals surface area contributed by atoms with Crippen molar-refractivity contribution in [1.29, 1.82) is 0 Å². The minimum Gasteiger partial charge on any atom is -0.440 e. The largest absolute Gasteiger partial charge is 0.440 e. The van der Waals surface area contributed by atoms with E-state index in [0.717, 1.165) is 66.0 Å². The van der Waals surface area contributed by atoms with E-state index in [2.05, 4.69) is 136 Å². The monoisotopic (exact) mass is 808 g/mol. The summed E-state index contributed by atoms with van der Waals surface area (Å²) in [4.78, 5) is 4.34. The highest BCUT2D eigenvalue weighted by Gasteiger charge is 2.32. The molecule has 6 heteroatoms. The molecule has 0 fully saturated rings. The maximum atomic E-state index is 6.75. The van der Waals surface area contributed by atoms with Crippen molar-refractivity contribution < 1.29 is 17.7 Å². The standard InChI is InChI=1S/C56H44N2O4/c1-55(2,3)41-31-43(57(49-27-33-15-7-11-19-45(33)59-49)50-28-34-16-8-12-20-46(34)60-50)39-26-24-38-42(56(4,5)6)32-44(40-25-23-37(41)53(39)54(38)40)58(51-29-35-17-9-13-21-47(35)61-51)52-30-36-18-10-14-22-48(36)62-52/h7-32H,1-6H3. The highest BCUT2D eigenvalue weighted by Crippen LogP contribution is 2.53. The lowest BCUT2D eigenvalue weighted by atomic mass is 9.77. The van der Waals surface area contributed by atoms with E-state index in [0.29, 0.717) is 23.5 Å². The Morgan fingerprint density at radius 2 is 0.597 bits per heavy atom. The maximum Gasteiger partial charge on any atom is 0.208 e. The Bertz CT molecular complexity index is 3170. The van der Waals surface area contributed by atoms with E-state index in [1.54, 1.807) is 0 Å². The van der Waals surface area contributed by atoms with Gasteiger partial charge in [-0.1, -0.05) is 139 Å². The third-order valence-electron chi connectivity index (χ3n) is 12.5. The van der Waals surface area contributed by atoms with E-state index in [-0.39, 0.29) is 10.8 Å². The highest BCUT2D eigenvalue weighted by molar-refractivity contribution is 6.29. The molecule has 0 spiro atoms. The fourth-order valence-electron chi connectivity index (χ4n) is 9.57. The summed E-state index contributed by atoms with van der Waals surface area (Å²) in [6.07, 6.45) is 0. The van der Waals surface area contributed by atoms with Gasteiger partial charge in [-0.25, -0.2) is 9.80 Å². The van der Waals surface area contributed by atoms with Crippen LogP contribution < -0.4 is 9.80 Å². The minimum absolute atomic E-state index is 0.227. The topological polar surface area (TPSA) is 59.0 Å². The van der Waals surface area contributed by atoms with Gasteiger partial charge in [0, 0.05) is 56.6 Å². The molecule has 6 nitrogen and oxygen atoms in total. The van der Waals surface area contributed by atoms with Crippen LogP contribution in [-0.2, 0) is 10.8 Å². The molecule has 8 aromatic carbocycles. The van der Waals surface area contributed by atoms with Crippen LogP contribution in [0.2, 0.25) is 0 Å². The van der Waals surface area contributed by atoms with Gasteiger partial charge in [0.15, 0.2) is 0 Å². The summed E-state index contributed by atoms with van der Waals surface area (Å²) in [6, 6.07) is 55.1. The molecule has 0 N–H and O–H groups in total. The second-order valence-corrected chi connectivity index (χ2v) is 18.6. The molecule has 0 aliphatic heterocycles. The van der Waals surface area contributed by atoms with Crippen molar-refractivity contribution >= 4 is 111 Å². The van der Waals surface area contributed by atoms with Crippen LogP contribution in [0.4, 0.5) is 34.9 Å². The van der Waals surface area contributed by atoms with Crippen molar-refractivity contribution in [3.8, 4) is 0 Å². The molecule has 4 heterocycles. The number of nitrogens with zero attached hydrogens (tertiary/aromatic N) is 2. The summed E-state index contributed by atoms with van der Waals surface area (Å²) in [5, 5.41) is 11.0. The van der Waals surface area contributed by atoms with E-state index in [1.807, 2.05) is 72.8 Å². The van der Waals surface area contributed by atoms with Crippen LogP contribution >= 0.6 is 0 Å². The van der Waals surface area contributed by atoms with Gasteiger partial charge in [-0.2, -0.15) is 0 Å². The van der Waals surface area contributed by atoms with Gasteiger partial charge in [0.2, 0.25) is 23.5 Å². The Kier molecular flexibility index (Phi) is 7.65. The van der Waals surface area contributed by atoms with Gasteiger partial charge >= 0.3 is 0 Å². The van der Waals surface area contributed by atoms with Crippen molar-refractivity contribution in [2.24, 2.45) is 0 Å². The van der Waals surface area contributed by atoms with Gasteiger partial charge in [-0.05, 0) is 79.9 Å². The third kappa shape index (κ3) is 5.56. The van der Waals surface area contributed by atoms with Gasteiger partial charge in [0.25, 0.3) is 0 Å². The molecular formula is C56H44N2O4. The minimum atomic E-state index is -0.227. The van der Waals surface area contributed by atoms with Crippen molar-refractivity contribution in [2.45, 2.75) is 52.4 Å². The summed E-state index contributed by atoms with van der Waals surface area (Å²) in [6.45, 7) is 13.8. The summed E-state index contributed by atoms with van der Waals surface area (Å²) in [5.74, 6) is 2.71. The van der Waals surface area contributed by atoms with E-state index < -0.39 is 0 Å². The molecule has 0 unspecified atom stereocenters. The number of hydrogen-bond donors (Lipinski definition) is 0. The second-order valence-electron chi connectivity index (χ2n) is 18.6. The molecule has 0 atom stereocenters. The Hall–Kier alpha value is -7.44. The van der Waals surface area contributed by atoms with E-state index in [9.17, 15) is 0 Å². The normalized spacial score (nSPS) is 12.7. The maximum absolute atomic E-state index is 6.75. The highest BCUT2D eigenvalue weighted by atomic mass is 16.4. The quantitative estimate of drug-likeness (QED) is 0.156. The first-order chi connectivity index (χ1) is 30.0. The molecule has 0 radical (unpaired) electrons.